The predicted molar refractivity (Wildman–Crippen MR) is 90.5 cm³/mol. The van der Waals surface area contributed by atoms with Gasteiger partial charge in [-0.2, -0.15) is 0 Å². The van der Waals surface area contributed by atoms with Crippen LogP contribution in [0.5, 0.6) is 0 Å². The van der Waals surface area contributed by atoms with E-state index in [1.165, 1.54) is 28.5 Å². The fourth-order valence-electron chi connectivity index (χ4n) is 3.54. The first-order valence-electron chi connectivity index (χ1n) is 7.83. The lowest BCUT2D eigenvalue weighted by Gasteiger charge is -2.40. The number of hydrogen-bond acceptors (Lipinski definition) is 4. The minimum absolute atomic E-state index is 0.127. The first kappa shape index (κ1) is 14.5. The first-order chi connectivity index (χ1) is 11.1. The molecule has 0 aliphatic carbocycles. The second-order valence-corrected chi connectivity index (χ2v) is 7.16. The molecule has 1 aromatic carbocycles. The number of carbonyl (C=O) groups is 1. The first-order valence-corrected chi connectivity index (χ1v) is 8.65. The van der Waals surface area contributed by atoms with Crippen LogP contribution in [0.3, 0.4) is 0 Å². The summed E-state index contributed by atoms with van der Waals surface area (Å²) in [6, 6.07) is 6.15. The van der Waals surface area contributed by atoms with Crippen LogP contribution in [-0.2, 0) is 6.54 Å². The number of halogens is 1. The van der Waals surface area contributed by atoms with Crippen molar-refractivity contribution in [2.75, 3.05) is 23.7 Å². The second kappa shape index (κ2) is 5.53. The number of nitrogens with two attached hydrogens (primary N) is 1. The van der Waals surface area contributed by atoms with E-state index in [2.05, 4.69) is 10.2 Å². The van der Waals surface area contributed by atoms with Gasteiger partial charge in [0, 0.05) is 25.2 Å². The lowest BCUT2D eigenvalue weighted by molar-refractivity contribution is 0.0950. The van der Waals surface area contributed by atoms with Crippen molar-refractivity contribution in [3.63, 3.8) is 0 Å². The number of nitrogens with zero attached hydrogens (tertiary/aromatic N) is 1. The van der Waals surface area contributed by atoms with E-state index in [-0.39, 0.29) is 11.7 Å². The normalized spacial score (nSPS) is 16.5. The third-order valence-electron chi connectivity index (χ3n) is 4.74. The molecule has 6 heteroatoms. The molecule has 3 aliphatic rings. The number of benzene rings is 1. The molecule has 23 heavy (non-hydrogen) atoms. The van der Waals surface area contributed by atoms with Crippen molar-refractivity contribution in [2.24, 2.45) is 0 Å². The zero-order valence-corrected chi connectivity index (χ0v) is 13.5. The van der Waals surface area contributed by atoms with Crippen LogP contribution in [0, 0.1) is 5.82 Å². The summed E-state index contributed by atoms with van der Waals surface area (Å²) in [7, 11) is 0. The zero-order chi connectivity index (χ0) is 16.0. The molecule has 4 nitrogen and oxygen atoms in total. The van der Waals surface area contributed by atoms with Crippen molar-refractivity contribution in [3.05, 3.63) is 46.8 Å². The number of nitrogen functional groups attached to an aromatic ring is 1. The average molecular weight is 331 g/mol. The SMILES string of the molecule is Nc1sc2c(c1C(=O)NCc1ccc(F)cc1)C1CCN2CC1. The summed E-state index contributed by atoms with van der Waals surface area (Å²) >= 11 is 1.53. The third kappa shape index (κ3) is 2.47. The molecule has 0 spiro atoms. The number of piperidine rings is 1. The smallest absolute Gasteiger partial charge is 0.254 e. The molecule has 2 aromatic rings. The monoisotopic (exact) mass is 331 g/mol. The molecule has 1 saturated heterocycles. The second-order valence-electron chi connectivity index (χ2n) is 6.13. The fourth-order valence-corrected chi connectivity index (χ4v) is 4.75. The molecule has 0 atom stereocenters. The molecule has 1 amide bonds. The summed E-state index contributed by atoms with van der Waals surface area (Å²) < 4.78 is 12.9. The molecule has 0 saturated carbocycles. The number of amides is 1. The van der Waals surface area contributed by atoms with Crippen LogP contribution >= 0.6 is 11.3 Å². The highest BCUT2D eigenvalue weighted by Gasteiger charge is 2.37. The van der Waals surface area contributed by atoms with Crippen LogP contribution in [0.15, 0.2) is 24.3 Å². The van der Waals surface area contributed by atoms with Gasteiger partial charge in [-0.25, -0.2) is 4.39 Å². The Morgan fingerprint density at radius 1 is 1.30 bits per heavy atom. The number of carbonyl (C=O) groups excluding carboxylic acids is 1. The zero-order valence-electron chi connectivity index (χ0n) is 12.6. The molecule has 5 rings (SSSR count). The number of nitrogens with one attached hydrogen (secondary N) is 1. The maximum absolute atomic E-state index is 12.9. The third-order valence-corrected chi connectivity index (χ3v) is 5.83. The summed E-state index contributed by atoms with van der Waals surface area (Å²) in [4.78, 5) is 15.0. The number of rotatable bonds is 3. The highest BCUT2D eigenvalue weighted by molar-refractivity contribution is 7.20. The van der Waals surface area contributed by atoms with Crippen molar-refractivity contribution >= 4 is 27.2 Å². The summed E-state index contributed by atoms with van der Waals surface area (Å²) in [6.07, 6.45) is 2.20. The van der Waals surface area contributed by atoms with Gasteiger partial charge in [0.25, 0.3) is 5.91 Å². The molecule has 1 aromatic heterocycles. The molecule has 3 aliphatic heterocycles. The van der Waals surface area contributed by atoms with Gasteiger partial charge in [-0.05, 0) is 36.5 Å². The van der Waals surface area contributed by atoms with Crippen LogP contribution in [0.1, 0.15) is 40.2 Å². The van der Waals surface area contributed by atoms with E-state index in [0.29, 0.717) is 23.0 Å². The van der Waals surface area contributed by atoms with Crippen molar-refractivity contribution in [2.45, 2.75) is 25.3 Å². The van der Waals surface area contributed by atoms with Crippen molar-refractivity contribution in [1.82, 2.24) is 5.32 Å². The van der Waals surface area contributed by atoms with E-state index in [4.69, 9.17) is 5.73 Å². The van der Waals surface area contributed by atoms with E-state index >= 15 is 0 Å². The van der Waals surface area contributed by atoms with Gasteiger partial charge < -0.3 is 16.0 Å². The van der Waals surface area contributed by atoms with Gasteiger partial charge in [0.1, 0.15) is 10.8 Å². The van der Waals surface area contributed by atoms with Crippen LogP contribution < -0.4 is 16.0 Å². The van der Waals surface area contributed by atoms with Gasteiger partial charge >= 0.3 is 0 Å². The Hall–Kier alpha value is -2.08. The van der Waals surface area contributed by atoms with E-state index < -0.39 is 0 Å². The Labute approximate surface area is 138 Å². The van der Waals surface area contributed by atoms with Crippen molar-refractivity contribution in [1.29, 1.82) is 0 Å². The van der Waals surface area contributed by atoms with Gasteiger partial charge in [0.15, 0.2) is 0 Å². The van der Waals surface area contributed by atoms with Crippen LogP contribution in [-0.4, -0.2) is 19.0 Å². The van der Waals surface area contributed by atoms with Crippen LogP contribution in [0.25, 0.3) is 0 Å². The predicted octanol–water partition coefficient (Wildman–Crippen LogP) is 3.10. The molecular formula is C17H18FN3OS. The number of anilines is 2. The standard InChI is InChI=1S/C17H18FN3OS/c18-12-3-1-10(2-4-12)9-20-16(22)14-13-11-5-7-21(8-6-11)17(13)23-15(14)19/h1-4,11H,5-9,19H2,(H,20,22). The van der Waals surface area contributed by atoms with Gasteiger partial charge in [0.2, 0.25) is 0 Å². The molecule has 4 heterocycles. The van der Waals surface area contributed by atoms with Gasteiger partial charge in [-0.15, -0.1) is 11.3 Å². The van der Waals surface area contributed by atoms with Gasteiger partial charge in [-0.1, -0.05) is 12.1 Å². The topological polar surface area (TPSA) is 58.4 Å². The van der Waals surface area contributed by atoms with Crippen LogP contribution in [0.4, 0.5) is 14.4 Å². The Bertz CT molecular complexity index is 748. The summed E-state index contributed by atoms with van der Waals surface area (Å²) in [5.74, 6) is 0.0505. The number of fused-ring (bicyclic) bond motifs is 2. The maximum atomic E-state index is 12.9. The number of thiophene rings is 1. The summed E-state index contributed by atoms with van der Waals surface area (Å²) in [5, 5.41) is 4.70. The quantitative estimate of drug-likeness (QED) is 0.909. The van der Waals surface area contributed by atoms with E-state index in [9.17, 15) is 9.18 Å². The Morgan fingerprint density at radius 3 is 2.70 bits per heavy atom. The Morgan fingerprint density at radius 2 is 2.00 bits per heavy atom. The average Bonchev–Trinajstić information content (AvgIpc) is 2.94. The van der Waals surface area contributed by atoms with Gasteiger partial charge in [0.05, 0.1) is 10.6 Å². The summed E-state index contributed by atoms with van der Waals surface area (Å²) in [6.45, 7) is 2.50. The molecule has 0 radical (unpaired) electrons. The molecule has 3 N–H and O–H groups in total. The lowest BCUT2D eigenvalue weighted by Crippen LogP contribution is -2.38. The van der Waals surface area contributed by atoms with E-state index in [0.717, 1.165) is 37.1 Å². The largest absolute Gasteiger partial charge is 0.390 e. The lowest BCUT2D eigenvalue weighted by atomic mass is 9.84. The Balaban J connectivity index is 1.56. The van der Waals surface area contributed by atoms with E-state index in [1.807, 2.05) is 0 Å². The minimum Gasteiger partial charge on any atom is -0.390 e. The van der Waals surface area contributed by atoms with Crippen molar-refractivity contribution in [3.8, 4) is 0 Å². The minimum atomic E-state index is -0.277. The highest BCUT2D eigenvalue weighted by Crippen LogP contribution is 2.50. The van der Waals surface area contributed by atoms with Gasteiger partial charge in [-0.3, -0.25) is 4.79 Å². The summed E-state index contributed by atoms with van der Waals surface area (Å²) in [5.41, 5.74) is 8.81. The Kier molecular flexibility index (Phi) is 3.49. The van der Waals surface area contributed by atoms with Crippen molar-refractivity contribution < 1.29 is 9.18 Å². The molecule has 120 valence electrons. The molecule has 0 unspecified atom stereocenters. The maximum Gasteiger partial charge on any atom is 0.254 e. The van der Waals surface area contributed by atoms with Crippen LogP contribution in [0.2, 0.25) is 0 Å². The van der Waals surface area contributed by atoms with E-state index in [1.54, 1.807) is 12.1 Å². The molecule has 1 fully saturated rings. The molecular weight excluding hydrogens is 313 g/mol. The number of hydrogen-bond donors (Lipinski definition) is 2. The fraction of sp³-hybridized carbons (Fsp3) is 0.353. The highest BCUT2D eigenvalue weighted by atomic mass is 32.1. The molecule has 2 bridgehead atoms.